The number of aliphatic hydroxyl groups excluding tert-OH is 1. The van der Waals surface area contributed by atoms with Gasteiger partial charge in [-0.1, -0.05) is 23.4 Å². The second kappa shape index (κ2) is 8.43. The van der Waals surface area contributed by atoms with Crippen molar-refractivity contribution >= 4 is 35.0 Å². The highest BCUT2D eigenvalue weighted by molar-refractivity contribution is 7.99. The minimum Gasteiger partial charge on any atom is -0.390 e. The average molecular weight is 471 g/mol. The first-order valence-electron chi connectivity index (χ1n) is 10.4. The van der Waals surface area contributed by atoms with Gasteiger partial charge in [-0.15, -0.1) is 0 Å². The highest BCUT2D eigenvalue weighted by atomic mass is 35.5. The van der Waals surface area contributed by atoms with Crippen molar-refractivity contribution < 1.29 is 5.11 Å². The smallest absolute Gasteiger partial charge is 0.152 e. The monoisotopic (exact) mass is 470 g/mol. The number of nitrogens with zero attached hydrogens (tertiary/aromatic N) is 6. The van der Waals surface area contributed by atoms with E-state index in [1.165, 1.54) is 11.8 Å². The molecule has 0 bridgehead atoms. The molecule has 5 rings (SSSR count). The molecule has 3 aromatic rings. The Morgan fingerprint density at radius 1 is 1.16 bits per heavy atom. The molecular formula is C21H23ClN8OS. The number of pyridine rings is 1. The van der Waals surface area contributed by atoms with Gasteiger partial charge >= 0.3 is 0 Å². The minimum absolute atomic E-state index is 0.0155. The Kier molecular flexibility index (Phi) is 5.62. The van der Waals surface area contributed by atoms with Crippen molar-refractivity contribution in [1.82, 2.24) is 24.9 Å². The van der Waals surface area contributed by atoms with Crippen LogP contribution in [0.5, 0.6) is 0 Å². The van der Waals surface area contributed by atoms with Gasteiger partial charge in [-0.25, -0.2) is 15.0 Å². The number of piperidine rings is 1. The van der Waals surface area contributed by atoms with E-state index in [1.54, 1.807) is 30.9 Å². The zero-order valence-electron chi connectivity index (χ0n) is 17.3. The van der Waals surface area contributed by atoms with Crippen LogP contribution in [0.15, 0.2) is 40.8 Å². The van der Waals surface area contributed by atoms with Crippen molar-refractivity contribution in [3.8, 4) is 0 Å². The molecule has 2 aliphatic rings. The van der Waals surface area contributed by atoms with Gasteiger partial charge in [0.2, 0.25) is 0 Å². The lowest BCUT2D eigenvalue weighted by Crippen LogP contribution is -2.51. The molecule has 0 saturated carbocycles. The average Bonchev–Trinajstić information content (AvgIpc) is 3.08. The molecule has 0 unspecified atom stereocenters. The van der Waals surface area contributed by atoms with Crippen LogP contribution in [0, 0.1) is 0 Å². The Bertz CT molecular complexity index is 1150. The predicted octanol–water partition coefficient (Wildman–Crippen LogP) is 1.96. The van der Waals surface area contributed by atoms with Gasteiger partial charge in [0.15, 0.2) is 5.82 Å². The van der Waals surface area contributed by atoms with Gasteiger partial charge in [0.05, 0.1) is 29.2 Å². The lowest BCUT2D eigenvalue weighted by molar-refractivity contribution is 0.270. The number of aliphatic hydroxyl groups is 1. The number of halogens is 1. The number of rotatable bonds is 4. The summed E-state index contributed by atoms with van der Waals surface area (Å²) in [6.07, 6.45) is 9.24. The lowest BCUT2D eigenvalue weighted by Gasteiger charge is -2.42. The first kappa shape index (κ1) is 21.3. The van der Waals surface area contributed by atoms with E-state index < -0.39 is 0 Å². The van der Waals surface area contributed by atoms with Gasteiger partial charge in [-0.05, 0) is 18.9 Å². The minimum atomic E-state index is -0.210. The van der Waals surface area contributed by atoms with E-state index in [4.69, 9.17) is 23.1 Å². The van der Waals surface area contributed by atoms with Crippen LogP contribution in [0.1, 0.15) is 29.9 Å². The van der Waals surface area contributed by atoms with E-state index in [1.807, 2.05) is 0 Å². The predicted molar refractivity (Wildman–Crippen MR) is 123 cm³/mol. The third kappa shape index (κ3) is 3.57. The summed E-state index contributed by atoms with van der Waals surface area (Å²) in [6.45, 7) is 1.30. The molecule has 4 heterocycles. The number of hydrogen-bond acceptors (Lipinski definition) is 10. The molecule has 1 aliphatic heterocycles. The lowest BCUT2D eigenvalue weighted by atomic mass is 9.73. The third-order valence-electron chi connectivity index (χ3n) is 6.37. The zero-order valence-corrected chi connectivity index (χ0v) is 18.9. The molecule has 5 N–H and O–H groups in total. The maximum Gasteiger partial charge on any atom is 0.152 e. The maximum atomic E-state index is 9.98. The normalized spacial score (nSPS) is 19.3. The molecule has 166 valence electrons. The summed E-state index contributed by atoms with van der Waals surface area (Å²) in [4.78, 5) is 25.2. The van der Waals surface area contributed by atoms with Crippen LogP contribution in [-0.2, 0) is 18.4 Å². The van der Waals surface area contributed by atoms with Crippen LogP contribution in [0.3, 0.4) is 0 Å². The van der Waals surface area contributed by atoms with E-state index >= 15 is 0 Å². The maximum absolute atomic E-state index is 9.98. The van der Waals surface area contributed by atoms with Crippen LogP contribution in [-0.4, -0.2) is 49.2 Å². The Hall–Kier alpha value is -2.53. The fourth-order valence-electron chi connectivity index (χ4n) is 4.69. The largest absolute Gasteiger partial charge is 0.390 e. The molecular weight excluding hydrogens is 448 g/mol. The van der Waals surface area contributed by atoms with Gasteiger partial charge < -0.3 is 21.5 Å². The summed E-state index contributed by atoms with van der Waals surface area (Å²) in [6, 6.07) is 1.79. The van der Waals surface area contributed by atoms with Gasteiger partial charge in [0.1, 0.15) is 16.5 Å². The molecule has 11 heteroatoms. The molecule has 9 nitrogen and oxygen atoms in total. The van der Waals surface area contributed by atoms with Crippen molar-refractivity contribution in [2.24, 2.45) is 5.73 Å². The Morgan fingerprint density at radius 3 is 2.72 bits per heavy atom. The van der Waals surface area contributed by atoms with Gasteiger partial charge in [0, 0.05) is 54.5 Å². The van der Waals surface area contributed by atoms with Crippen molar-refractivity contribution in [2.45, 2.75) is 47.2 Å². The van der Waals surface area contributed by atoms with Crippen LogP contribution in [0.2, 0.25) is 5.02 Å². The van der Waals surface area contributed by atoms with Crippen molar-refractivity contribution in [2.75, 3.05) is 23.7 Å². The summed E-state index contributed by atoms with van der Waals surface area (Å²) in [5.41, 5.74) is 14.8. The van der Waals surface area contributed by atoms with Gasteiger partial charge in [0.25, 0.3) is 0 Å². The fourth-order valence-corrected chi connectivity index (χ4v) is 5.73. The van der Waals surface area contributed by atoms with Gasteiger partial charge in [-0.3, -0.25) is 9.97 Å². The number of nitrogens with two attached hydrogens (primary N) is 2. The van der Waals surface area contributed by atoms with E-state index in [9.17, 15) is 5.11 Å². The summed E-state index contributed by atoms with van der Waals surface area (Å²) in [7, 11) is 0. The summed E-state index contributed by atoms with van der Waals surface area (Å²) < 4.78 is 0. The first-order valence-corrected chi connectivity index (χ1v) is 11.6. The summed E-state index contributed by atoms with van der Waals surface area (Å²) in [5, 5.41) is 11.0. The van der Waals surface area contributed by atoms with Crippen LogP contribution < -0.4 is 16.4 Å². The van der Waals surface area contributed by atoms with Crippen LogP contribution in [0.4, 0.5) is 11.6 Å². The molecule has 32 heavy (non-hydrogen) atoms. The highest BCUT2D eigenvalue weighted by Crippen LogP contribution is 2.44. The highest BCUT2D eigenvalue weighted by Gasteiger charge is 2.49. The Balaban J connectivity index is 1.36. The number of anilines is 2. The second-order valence-corrected chi connectivity index (χ2v) is 9.49. The molecule has 1 saturated heterocycles. The molecule has 0 amide bonds. The van der Waals surface area contributed by atoms with Crippen LogP contribution >= 0.6 is 23.4 Å². The molecule has 1 aliphatic carbocycles. The van der Waals surface area contributed by atoms with Crippen LogP contribution in [0.25, 0.3) is 0 Å². The van der Waals surface area contributed by atoms with Crippen molar-refractivity contribution in [3.63, 3.8) is 0 Å². The molecule has 1 atom stereocenters. The topological polar surface area (TPSA) is 140 Å². The summed E-state index contributed by atoms with van der Waals surface area (Å²) in [5.74, 6) is 0.959. The van der Waals surface area contributed by atoms with Crippen molar-refractivity contribution in [3.05, 3.63) is 53.0 Å². The van der Waals surface area contributed by atoms with E-state index in [0.717, 1.165) is 48.6 Å². The van der Waals surface area contributed by atoms with E-state index in [-0.39, 0.29) is 23.9 Å². The molecule has 3 aromatic heterocycles. The van der Waals surface area contributed by atoms with Gasteiger partial charge in [-0.2, -0.15) is 0 Å². The molecule has 0 aromatic carbocycles. The first-order chi connectivity index (χ1) is 15.5. The quantitative estimate of drug-likeness (QED) is 0.518. The summed E-state index contributed by atoms with van der Waals surface area (Å²) >= 11 is 7.58. The molecule has 1 spiro atoms. The molecule has 1 fully saturated rings. The van der Waals surface area contributed by atoms with E-state index in [2.05, 4.69) is 29.8 Å². The SMILES string of the molecule is Nc1nccc(Sc2cnc(N3CCC4(CC3)c3nccnc3C[C@H]4N)c(CO)n2)c1Cl. The Morgan fingerprint density at radius 2 is 1.94 bits per heavy atom. The number of hydrogen-bond donors (Lipinski definition) is 3. The van der Waals surface area contributed by atoms with Crippen molar-refractivity contribution in [1.29, 1.82) is 0 Å². The zero-order chi connectivity index (χ0) is 22.3. The third-order valence-corrected chi connectivity index (χ3v) is 7.84. The number of fused-ring (bicyclic) bond motifs is 2. The Labute approximate surface area is 194 Å². The number of nitrogen functional groups attached to an aromatic ring is 1. The second-order valence-electron chi connectivity index (χ2n) is 8.05. The van der Waals surface area contributed by atoms with E-state index in [0.29, 0.717) is 21.6 Å². The number of aromatic nitrogens is 5. The molecule has 0 radical (unpaired) electrons. The fraction of sp³-hybridized carbons (Fsp3) is 0.381. The standard InChI is InChI=1S/C21H23ClN8OS/c22-17-14(1-4-27-19(17)24)32-16-10-28-20(13(11-31)29-16)30-7-2-21(3-8-30)15(23)9-12-18(21)26-6-5-25-12/h1,4-6,10,15,31H,2-3,7-9,11,23H2,(H2,24,27)/t15-/m1/s1.